The normalized spacial score (nSPS) is 14.3. The minimum Gasteiger partial charge on any atom is -0.335 e. The van der Waals surface area contributed by atoms with Crippen LogP contribution in [0.2, 0.25) is 0 Å². The van der Waals surface area contributed by atoms with Crippen molar-refractivity contribution >= 4 is 34.0 Å². The number of urea groups is 1. The monoisotopic (exact) mass is 330 g/mol. The van der Waals surface area contributed by atoms with Crippen LogP contribution < -0.4 is 16.0 Å². The highest BCUT2D eigenvalue weighted by molar-refractivity contribution is 7.18. The molecule has 1 aliphatic heterocycles. The Morgan fingerprint density at radius 2 is 1.74 bits per heavy atom. The quantitative estimate of drug-likeness (QED) is 0.809. The van der Waals surface area contributed by atoms with Crippen LogP contribution in [0.25, 0.3) is 0 Å². The second-order valence-corrected chi connectivity index (χ2v) is 6.24. The van der Waals surface area contributed by atoms with Crippen LogP contribution in [0.1, 0.15) is 9.67 Å². The molecule has 1 fully saturated rings. The number of hydrogen-bond acceptors (Lipinski definition) is 4. The minimum absolute atomic E-state index is 0.0213. The first kappa shape index (κ1) is 15.5. The summed E-state index contributed by atoms with van der Waals surface area (Å²) in [4.78, 5) is 26.8. The molecule has 0 aliphatic carbocycles. The number of thiophene rings is 1. The summed E-state index contributed by atoms with van der Waals surface area (Å²) < 4.78 is 0. The zero-order valence-electron chi connectivity index (χ0n) is 12.5. The van der Waals surface area contributed by atoms with Crippen molar-refractivity contribution in [2.24, 2.45) is 0 Å². The number of hydrogen-bond donors (Lipinski definition) is 3. The molecule has 1 aliphatic rings. The van der Waals surface area contributed by atoms with E-state index in [0.717, 1.165) is 18.8 Å². The lowest BCUT2D eigenvalue weighted by atomic mass is 10.3. The van der Waals surface area contributed by atoms with Crippen LogP contribution in [0.3, 0.4) is 0 Å². The Hall–Kier alpha value is -2.38. The maximum absolute atomic E-state index is 12.4. The molecule has 1 aromatic carbocycles. The zero-order valence-corrected chi connectivity index (χ0v) is 13.4. The number of nitrogens with zero attached hydrogens (tertiary/aromatic N) is 1. The van der Waals surface area contributed by atoms with Gasteiger partial charge >= 0.3 is 6.03 Å². The van der Waals surface area contributed by atoms with Gasteiger partial charge in [0.2, 0.25) is 0 Å². The first-order chi connectivity index (χ1) is 11.2. The van der Waals surface area contributed by atoms with Gasteiger partial charge < -0.3 is 15.5 Å². The highest BCUT2D eigenvalue weighted by Crippen LogP contribution is 2.23. The molecule has 1 saturated heterocycles. The molecule has 3 N–H and O–H groups in total. The fourth-order valence-corrected chi connectivity index (χ4v) is 3.21. The average Bonchev–Trinajstić information content (AvgIpc) is 3.04. The first-order valence-electron chi connectivity index (χ1n) is 7.45. The van der Waals surface area contributed by atoms with E-state index in [4.69, 9.17) is 0 Å². The van der Waals surface area contributed by atoms with Crippen LogP contribution in [0.15, 0.2) is 42.5 Å². The summed E-state index contributed by atoms with van der Waals surface area (Å²) in [5, 5.41) is 9.37. The van der Waals surface area contributed by atoms with E-state index in [1.54, 1.807) is 12.1 Å². The first-order valence-corrected chi connectivity index (χ1v) is 8.27. The van der Waals surface area contributed by atoms with E-state index in [-0.39, 0.29) is 11.9 Å². The van der Waals surface area contributed by atoms with Gasteiger partial charge in [0.05, 0.1) is 9.88 Å². The van der Waals surface area contributed by atoms with Crippen LogP contribution in [-0.4, -0.2) is 43.0 Å². The predicted molar refractivity (Wildman–Crippen MR) is 92.2 cm³/mol. The van der Waals surface area contributed by atoms with Crippen molar-refractivity contribution in [1.82, 2.24) is 10.2 Å². The number of benzene rings is 1. The molecule has 7 heteroatoms. The number of para-hydroxylation sites is 1. The van der Waals surface area contributed by atoms with E-state index in [0.29, 0.717) is 23.0 Å². The van der Waals surface area contributed by atoms with Gasteiger partial charge in [0, 0.05) is 31.9 Å². The summed E-state index contributed by atoms with van der Waals surface area (Å²) in [6, 6.07) is 12.4. The molecule has 2 heterocycles. The Bertz CT molecular complexity index is 680. The third kappa shape index (κ3) is 4.08. The number of carbonyl (C=O) groups excluding carboxylic acids is 2. The highest BCUT2D eigenvalue weighted by atomic mass is 32.1. The fourth-order valence-electron chi connectivity index (χ4n) is 2.34. The van der Waals surface area contributed by atoms with Gasteiger partial charge in [0.25, 0.3) is 5.91 Å². The maximum atomic E-state index is 12.4. The van der Waals surface area contributed by atoms with Crippen molar-refractivity contribution < 1.29 is 9.59 Å². The lowest BCUT2D eigenvalue weighted by Crippen LogP contribution is -2.46. The SMILES string of the molecule is O=C(Nc1ccccc1)Nc1ccc(C(=O)N2CCNCC2)s1. The molecule has 0 bridgehead atoms. The standard InChI is InChI=1S/C16H18N4O2S/c21-15(20-10-8-17-9-11-20)13-6-7-14(23-13)19-16(22)18-12-4-2-1-3-5-12/h1-7,17H,8-11H2,(H2,18,19,22). The van der Waals surface area contributed by atoms with Crippen molar-refractivity contribution in [2.75, 3.05) is 36.8 Å². The molecular weight excluding hydrogens is 312 g/mol. The smallest absolute Gasteiger partial charge is 0.324 e. The third-order valence-electron chi connectivity index (χ3n) is 3.49. The highest BCUT2D eigenvalue weighted by Gasteiger charge is 2.19. The minimum atomic E-state index is -0.320. The van der Waals surface area contributed by atoms with Crippen molar-refractivity contribution in [3.05, 3.63) is 47.3 Å². The summed E-state index contributed by atoms with van der Waals surface area (Å²) in [5.41, 5.74) is 0.721. The van der Waals surface area contributed by atoms with Crippen molar-refractivity contribution in [3.63, 3.8) is 0 Å². The summed E-state index contributed by atoms with van der Waals surface area (Å²) in [7, 11) is 0. The number of anilines is 2. The number of amides is 3. The maximum Gasteiger partial charge on any atom is 0.324 e. The van der Waals surface area contributed by atoms with Crippen LogP contribution in [0, 0.1) is 0 Å². The Morgan fingerprint density at radius 3 is 2.48 bits per heavy atom. The molecule has 0 unspecified atom stereocenters. The fraction of sp³-hybridized carbons (Fsp3) is 0.250. The van der Waals surface area contributed by atoms with Gasteiger partial charge in [0.15, 0.2) is 0 Å². The topological polar surface area (TPSA) is 73.5 Å². The predicted octanol–water partition coefficient (Wildman–Crippen LogP) is 2.44. The molecule has 0 saturated carbocycles. The Balaban J connectivity index is 1.58. The summed E-state index contributed by atoms with van der Waals surface area (Å²) in [6.07, 6.45) is 0. The largest absolute Gasteiger partial charge is 0.335 e. The van der Waals surface area contributed by atoms with Crippen LogP contribution in [-0.2, 0) is 0 Å². The van der Waals surface area contributed by atoms with E-state index >= 15 is 0 Å². The molecule has 1 aromatic heterocycles. The van der Waals surface area contributed by atoms with Gasteiger partial charge in [-0.25, -0.2) is 4.79 Å². The Labute approximate surface area is 138 Å². The van der Waals surface area contributed by atoms with E-state index in [1.165, 1.54) is 11.3 Å². The van der Waals surface area contributed by atoms with Gasteiger partial charge in [-0.05, 0) is 24.3 Å². The molecule has 2 aromatic rings. The van der Waals surface area contributed by atoms with Gasteiger partial charge in [-0.15, -0.1) is 11.3 Å². The molecule has 3 rings (SSSR count). The van der Waals surface area contributed by atoms with Crippen molar-refractivity contribution in [2.45, 2.75) is 0 Å². The van der Waals surface area contributed by atoms with Gasteiger partial charge in [-0.3, -0.25) is 10.1 Å². The summed E-state index contributed by atoms with van der Waals surface area (Å²) >= 11 is 1.29. The molecule has 6 nitrogen and oxygen atoms in total. The van der Waals surface area contributed by atoms with E-state index in [1.807, 2.05) is 35.2 Å². The zero-order chi connectivity index (χ0) is 16.1. The van der Waals surface area contributed by atoms with Gasteiger partial charge in [0.1, 0.15) is 0 Å². The molecule has 3 amide bonds. The van der Waals surface area contributed by atoms with Gasteiger partial charge in [-0.2, -0.15) is 0 Å². The number of carbonyl (C=O) groups is 2. The lowest BCUT2D eigenvalue weighted by Gasteiger charge is -2.26. The second kappa shape index (κ2) is 7.26. The Morgan fingerprint density at radius 1 is 1.00 bits per heavy atom. The number of piperazine rings is 1. The van der Waals surface area contributed by atoms with E-state index < -0.39 is 0 Å². The summed E-state index contributed by atoms with van der Waals surface area (Å²) in [5.74, 6) is 0.0213. The molecule has 0 atom stereocenters. The van der Waals surface area contributed by atoms with Crippen LogP contribution >= 0.6 is 11.3 Å². The number of nitrogens with one attached hydrogen (secondary N) is 3. The van der Waals surface area contributed by atoms with Crippen LogP contribution in [0.5, 0.6) is 0 Å². The van der Waals surface area contributed by atoms with E-state index in [2.05, 4.69) is 16.0 Å². The van der Waals surface area contributed by atoms with Crippen molar-refractivity contribution in [1.29, 1.82) is 0 Å². The average molecular weight is 330 g/mol. The molecule has 23 heavy (non-hydrogen) atoms. The second-order valence-electron chi connectivity index (χ2n) is 5.15. The number of rotatable bonds is 3. The van der Waals surface area contributed by atoms with E-state index in [9.17, 15) is 9.59 Å². The van der Waals surface area contributed by atoms with Gasteiger partial charge in [-0.1, -0.05) is 18.2 Å². The molecule has 0 spiro atoms. The third-order valence-corrected chi connectivity index (χ3v) is 4.48. The lowest BCUT2D eigenvalue weighted by molar-refractivity contribution is 0.0740. The summed E-state index contributed by atoms with van der Waals surface area (Å²) in [6.45, 7) is 3.07. The molecule has 120 valence electrons. The van der Waals surface area contributed by atoms with Crippen molar-refractivity contribution in [3.8, 4) is 0 Å². The molecule has 0 radical (unpaired) electrons. The van der Waals surface area contributed by atoms with Crippen LogP contribution in [0.4, 0.5) is 15.5 Å². The molecular formula is C16H18N4O2S. The Kier molecular flexibility index (Phi) is 4.89.